The van der Waals surface area contributed by atoms with E-state index < -0.39 is 0 Å². The van der Waals surface area contributed by atoms with E-state index in [4.69, 9.17) is 0 Å². The van der Waals surface area contributed by atoms with E-state index in [-0.39, 0.29) is 0 Å². The van der Waals surface area contributed by atoms with Gasteiger partial charge in [-0.25, -0.2) is 0 Å². The van der Waals surface area contributed by atoms with Crippen molar-refractivity contribution in [2.24, 2.45) is 0 Å². The molecule has 1 nitrogen and oxygen atoms in total. The van der Waals surface area contributed by atoms with Gasteiger partial charge >= 0.3 is 0 Å². The van der Waals surface area contributed by atoms with Crippen LogP contribution in [0.3, 0.4) is 0 Å². The van der Waals surface area contributed by atoms with Crippen LogP contribution in [0.5, 0.6) is 0 Å². The SMILES string of the molecule is CCC(C)SCC(=O)Cc1ccc2c(c1)CCC2. The lowest BCUT2D eigenvalue weighted by Crippen LogP contribution is -2.08. The van der Waals surface area contributed by atoms with Gasteiger partial charge in [0.25, 0.3) is 0 Å². The van der Waals surface area contributed by atoms with Crippen LogP contribution < -0.4 is 0 Å². The second-order valence-corrected chi connectivity index (χ2v) is 6.63. The first kappa shape index (κ1) is 13.7. The molecule has 1 aliphatic rings. The first-order valence-corrected chi connectivity index (χ1v) is 7.98. The maximum Gasteiger partial charge on any atom is 0.147 e. The van der Waals surface area contributed by atoms with Gasteiger partial charge in [0.1, 0.15) is 5.78 Å². The first-order chi connectivity index (χ1) is 8.69. The van der Waals surface area contributed by atoms with E-state index in [1.165, 1.54) is 36.0 Å². The van der Waals surface area contributed by atoms with E-state index in [2.05, 4.69) is 32.0 Å². The first-order valence-electron chi connectivity index (χ1n) is 6.93. The average Bonchev–Trinajstić information content (AvgIpc) is 2.83. The Labute approximate surface area is 114 Å². The van der Waals surface area contributed by atoms with Crippen LogP contribution in [-0.2, 0) is 24.1 Å². The second-order valence-electron chi connectivity index (χ2n) is 5.20. The van der Waals surface area contributed by atoms with Crippen molar-refractivity contribution in [2.45, 2.75) is 51.2 Å². The summed E-state index contributed by atoms with van der Waals surface area (Å²) >= 11 is 1.78. The Morgan fingerprint density at radius 1 is 1.33 bits per heavy atom. The molecule has 18 heavy (non-hydrogen) atoms. The quantitative estimate of drug-likeness (QED) is 0.775. The molecule has 0 saturated carbocycles. The van der Waals surface area contributed by atoms with E-state index in [1.54, 1.807) is 11.8 Å². The molecule has 0 bridgehead atoms. The summed E-state index contributed by atoms with van der Waals surface area (Å²) < 4.78 is 0. The fourth-order valence-corrected chi connectivity index (χ4v) is 3.18. The van der Waals surface area contributed by atoms with Crippen molar-refractivity contribution in [3.05, 3.63) is 34.9 Å². The number of benzene rings is 1. The van der Waals surface area contributed by atoms with Gasteiger partial charge in [0.15, 0.2) is 0 Å². The highest BCUT2D eigenvalue weighted by Crippen LogP contribution is 2.23. The third-order valence-corrected chi connectivity index (χ3v) is 5.06. The van der Waals surface area contributed by atoms with Gasteiger partial charge in [0, 0.05) is 11.7 Å². The Morgan fingerprint density at radius 3 is 2.89 bits per heavy atom. The van der Waals surface area contributed by atoms with Gasteiger partial charge in [0.05, 0.1) is 5.75 Å². The summed E-state index contributed by atoms with van der Waals surface area (Å²) in [5.74, 6) is 1.02. The zero-order valence-corrected chi connectivity index (χ0v) is 12.2. The summed E-state index contributed by atoms with van der Waals surface area (Å²) in [4.78, 5) is 11.9. The summed E-state index contributed by atoms with van der Waals surface area (Å²) in [5.41, 5.74) is 4.15. The average molecular weight is 262 g/mol. The number of hydrogen-bond donors (Lipinski definition) is 0. The molecule has 0 aromatic heterocycles. The van der Waals surface area contributed by atoms with E-state index in [1.807, 2.05) is 0 Å². The number of thioether (sulfide) groups is 1. The van der Waals surface area contributed by atoms with Crippen LogP contribution in [0.4, 0.5) is 0 Å². The summed E-state index contributed by atoms with van der Waals surface area (Å²) in [6, 6.07) is 6.59. The maximum absolute atomic E-state index is 11.9. The standard InChI is InChI=1S/C16H22OS/c1-3-12(2)18-11-16(17)10-13-7-8-14-5-4-6-15(14)9-13/h7-9,12H,3-6,10-11H2,1-2H3. The predicted octanol–water partition coefficient (Wildman–Crippen LogP) is 3.82. The molecule has 0 N–H and O–H groups in total. The smallest absolute Gasteiger partial charge is 0.147 e. The Morgan fingerprint density at radius 2 is 2.11 bits per heavy atom. The number of hydrogen-bond acceptors (Lipinski definition) is 2. The maximum atomic E-state index is 11.9. The number of rotatable bonds is 6. The third kappa shape index (κ3) is 3.61. The number of aryl methyl sites for hydroxylation is 2. The summed E-state index contributed by atoms with van der Waals surface area (Å²) in [7, 11) is 0. The highest BCUT2D eigenvalue weighted by molar-refractivity contribution is 8.00. The van der Waals surface area contributed by atoms with Gasteiger partial charge in [-0.1, -0.05) is 32.0 Å². The number of ketones is 1. The van der Waals surface area contributed by atoms with E-state index in [0.717, 1.165) is 6.42 Å². The lowest BCUT2D eigenvalue weighted by molar-refractivity contribution is -0.116. The highest BCUT2D eigenvalue weighted by Gasteiger charge is 2.12. The normalized spacial score (nSPS) is 15.4. The van der Waals surface area contributed by atoms with Crippen molar-refractivity contribution < 1.29 is 4.79 Å². The minimum absolute atomic E-state index is 0.359. The van der Waals surface area contributed by atoms with Gasteiger partial charge in [-0.05, 0) is 42.4 Å². The van der Waals surface area contributed by atoms with Crippen molar-refractivity contribution >= 4 is 17.5 Å². The van der Waals surface area contributed by atoms with Gasteiger partial charge in [0.2, 0.25) is 0 Å². The molecule has 98 valence electrons. The largest absolute Gasteiger partial charge is 0.298 e. The van der Waals surface area contributed by atoms with Crippen LogP contribution in [0, 0.1) is 0 Å². The molecule has 0 heterocycles. The molecular weight excluding hydrogens is 240 g/mol. The molecule has 1 aliphatic carbocycles. The predicted molar refractivity (Wildman–Crippen MR) is 79.4 cm³/mol. The van der Waals surface area contributed by atoms with Crippen molar-refractivity contribution in [1.82, 2.24) is 0 Å². The summed E-state index contributed by atoms with van der Waals surface area (Å²) in [6.07, 6.45) is 5.43. The highest BCUT2D eigenvalue weighted by atomic mass is 32.2. The summed E-state index contributed by atoms with van der Waals surface area (Å²) in [5, 5.41) is 0.592. The molecule has 1 aromatic rings. The molecule has 0 aliphatic heterocycles. The molecule has 0 amide bonds. The summed E-state index contributed by atoms with van der Waals surface area (Å²) in [6.45, 7) is 4.36. The number of fused-ring (bicyclic) bond motifs is 1. The third-order valence-electron chi connectivity index (χ3n) is 3.67. The Kier molecular flexibility index (Phi) is 4.87. The Bertz CT molecular complexity index is 425. The minimum Gasteiger partial charge on any atom is -0.298 e. The number of Topliss-reactive ketones (excluding diaryl/α,β-unsaturated/α-hetero) is 1. The zero-order valence-electron chi connectivity index (χ0n) is 11.4. The molecule has 1 aromatic carbocycles. The second kappa shape index (κ2) is 6.42. The molecule has 2 heteroatoms. The topological polar surface area (TPSA) is 17.1 Å². The molecular formula is C16H22OS. The monoisotopic (exact) mass is 262 g/mol. The minimum atomic E-state index is 0.359. The van der Waals surface area contributed by atoms with Crippen LogP contribution in [0.15, 0.2) is 18.2 Å². The van der Waals surface area contributed by atoms with Gasteiger partial charge < -0.3 is 0 Å². The van der Waals surface area contributed by atoms with Crippen molar-refractivity contribution in [3.63, 3.8) is 0 Å². The van der Waals surface area contributed by atoms with Gasteiger partial charge in [-0.3, -0.25) is 4.79 Å². The van der Waals surface area contributed by atoms with E-state index in [9.17, 15) is 4.79 Å². The van der Waals surface area contributed by atoms with Crippen LogP contribution in [0.1, 0.15) is 43.4 Å². The van der Waals surface area contributed by atoms with Gasteiger partial charge in [-0.15, -0.1) is 0 Å². The lowest BCUT2D eigenvalue weighted by Gasteiger charge is -2.08. The van der Waals surface area contributed by atoms with Crippen molar-refractivity contribution in [3.8, 4) is 0 Å². The van der Waals surface area contributed by atoms with Gasteiger partial charge in [-0.2, -0.15) is 11.8 Å². The van der Waals surface area contributed by atoms with E-state index in [0.29, 0.717) is 23.2 Å². The lowest BCUT2D eigenvalue weighted by atomic mass is 10.0. The number of carbonyl (C=O) groups excluding carboxylic acids is 1. The molecule has 2 rings (SSSR count). The van der Waals surface area contributed by atoms with Crippen LogP contribution >= 0.6 is 11.8 Å². The Balaban J connectivity index is 1.87. The van der Waals surface area contributed by atoms with Crippen molar-refractivity contribution in [2.75, 3.05) is 5.75 Å². The molecule has 1 unspecified atom stereocenters. The fourth-order valence-electron chi connectivity index (χ4n) is 2.37. The molecule has 0 radical (unpaired) electrons. The fraction of sp³-hybridized carbons (Fsp3) is 0.562. The van der Waals surface area contributed by atoms with Crippen LogP contribution in [-0.4, -0.2) is 16.8 Å². The molecule has 0 spiro atoms. The number of carbonyl (C=O) groups is 1. The molecule has 0 fully saturated rings. The molecule has 1 atom stereocenters. The van der Waals surface area contributed by atoms with Crippen molar-refractivity contribution in [1.29, 1.82) is 0 Å². The Hall–Kier alpha value is -0.760. The molecule has 0 saturated heterocycles. The van der Waals surface area contributed by atoms with Crippen LogP contribution in [0.25, 0.3) is 0 Å². The van der Waals surface area contributed by atoms with Crippen LogP contribution in [0.2, 0.25) is 0 Å². The zero-order chi connectivity index (χ0) is 13.0. The van der Waals surface area contributed by atoms with E-state index >= 15 is 0 Å².